The summed E-state index contributed by atoms with van der Waals surface area (Å²) in [6, 6.07) is 7.86. The number of rotatable bonds is 4. The molecule has 1 amide bonds. The first kappa shape index (κ1) is 19.0. The smallest absolute Gasteiger partial charge is 0.410 e. The molecule has 0 bridgehead atoms. The SMILES string of the molecule is CCOC(=O)Cc1ccccc1C1=CCN(C(=O)OC(C)(C)C)CC1. The topological polar surface area (TPSA) is 55.8 Å². The minimum absolute atomic E-state index is 0.221. The molecule has 0 fully saturated rings. The predicted octanol–water partition coefficient (Wildman–Crippen LogP) is 3.82. The molecule has 0 saturated heterocycles. The molecular formula is C20H27NO4. The van der Waals surface area contributed by atoms with Crippen LogP contribution in [0.25, 0.3) is 5.57 Å². The summed E-state index contributed by atoms with van der Waals surface area (Å²) >= 11 is 0. The van der Waals surface area contributed by atoms with Crippen molar-refractivity contribution in [2.24, 2.45) is 0 Å². The van der Waals surface area contributed by atoms with Crippen molar-refractivity contribution in [2.75, 3.05) is 19.7 Å². The van der Waals surface area contributed by atoms with Crippen LogP contribution in [0.4, 0.5) is 4.79 Å². The van der Waals surface area contributed by atoms with Crippen molar-refractivity contribution in [3.8, 4) is 0 Å². The van der Waals surface area contributed by atoms with Gasteiger partial charge in [-0.2, -0.15) is 0 Å². The summed E-state index contributed by atoms with van der Waals surface area (Å²) in [5, 5.41) is 0. The Morgan fingerprint density at radius 1 is 1.20 bits per heavy atom. The summed E-state index contributed by atoms with van der Waals surface area (Å²) in [6.45, 7) is 8.89. The van der Waals surface area contributed by atoms with E-state index in [2.05, 4.69) is 0 Å². The minimum Gasteiger partial charge on any atom is -0.466 e. The van der Waals surface area contributed by atoms with Crippen LogP contribution in [0, 0.1) is 0 Å². The van der Waals surface area contributed by atoms with Crippen LogP contribution in [-0.4, -0.2) is 42.3 Å². The molecule has 0 N–H and O–H groups in total. The standard InChI is InChI=1S/C20H27NO4/c1-5-24-18(22)14-16-8-6-7-9-17(16)15-10-12-21(13-11-15)19(23)25-20(2,3)4/h6-10H,5,11-14H2,1-4H3. The first-order valence-corrected chi connectivity index (χ1v) is 8.71. The first-order chi connectivity index (χ1) is 11.8. The molecule has 5 heteroatoms. The maximum absolute atomic E-state index is 12.2. The summed E-state index contributed by atoms with van der Waals surface area (Å²) in [4.78, 5) is 25.7. The molecule has 2 rings (SSSR count). The van der Waals surface area contributed by atoms with Crippen molar-refractivity contribution in [3.63, 3.8) is 0 Å². The molecule has 136 valence electrons. The lowest BCUT2D eigenvalue weighted by Gasteiger charge is -2.30. The minimum atomic E-state index is -0.493. The van der Waals surface area contributed by atoms with E-state index < -0.39 is 5.60 Å². The molecule has 1 aliphatic heterocycles. The molecule has 0 unspecified atom stereocenters. The number of carbonyl (C=O) groups is 2. The highest BCUT2D eigenvalue weighted by atomic mass is 16.6. The molecule has 0 spiro atoms. The molecule has 0 atom stereocenters. The zero-order valence-electron chi connectivity index (χ0n) is 15.5. The number of amides is 1. The third-order valence-electron chi connectivity index (χ3n) is 3.86. The van der Waals surface area contributed by atoms with Gasteiger partial charge in [-0.1, -0.05) is 30.3 Å². The van der Waals surface area contributed by atoms with E-state index in [-0.39, 0.29) is 18.5 Å². The van der Waals surface area contributed by atoms with Crippen LogP contribution in [0.3, 0.4) is 0 Å². The normalized spacial score (nSPS) is 14.7. The molecule has 0 aromatic heterocycles. The molecule has 5 nitrogen and oxygen atoms in total. The van der Waals surface area contributed by atoms with Crippen LogP contribution in [0.1, 0.15) is 45.2 Å². The fourth-order valence-electron chi connectivity index (χ4n) is 2.76. The van der Waals surface area contributed by atoms with Gasteiger partial charge in [0.25, 0.3) is 0 Å². The van der Waals surface area contributed by atoms with E-state index in [9.17, 15) is 9.59 Å². The van der Waals surface area contributed by atoms with E-state index in [1.54, 1.807) is 11.8 Å². The lowest BCUT2D eigenvalue weighted by Crippen LogP contribution is -2.39. The van der Waals surface area contributed by atoms with Gasteiger partial charge in [0, 0.05) is 13.1 Å². The monoisotopic (exact) mass is 345 g/mol. The fourth-order valence-corrected chi connectivity index (χ4v) is 2.76. The van der Waals surface area contributed by atoms with Crippen molar-refractivity contribution in [1.82, 2.24) is 4.90 Å². The second-order valence-electron chi connectivity index (χ2n) is 7.04. The highest BCUT2D eigenvalue weighted by Gasteiger charge is 2.24. The van der Waals surface area contributed by atoms with Gasteiger partial charge < -0.3 is 14.4 Å². The van der Waals surface area contributed by atoms with Crippen LogP contribution in [0.15, 0.2) is 30.3 Å². The van der Waals surface area contributed by atoms with Crippen molar-refractivity contribution in [1.29, 1.82) is 0 Å². The van der Waals surface area contributed by atoms with Gasteiger partial charge in [0.2, 0.25) is 0 Å². The Bertz CT molecular complexity index is 658. The molecule has 1 heterocycles. The maximum atomic E-state index is 12.2. The van der Waals surface area contributed by atoms with E-state index in [0.717, 1.165) is 23.1 Å². The summed E-state index contributed by atoms with van der Waals surface area (Å²) < 4.78 is 10.5. The van der Waals surface area contributed by atoms with E-state index in [1.165, 1.54) is 0 Å². The summed E-state index contributed by atoms with van der Waals surface area (Å²) in [5.41, 5.74) is 2.67. The molecule has 0 saturated carbocycles. The number of carbonyl (C=O) groups excluding carboxylic acids is 2. The second-order valence-corrected chi connectivity index (χ2v) is 7.04. The summed E-state index contributed by atoms with van der Waals surface area (Å²) in [6.07, 6.45) is 2.75. The van der Waals surface area contributed by atoms with E-state index in [1.807, 2.05) is 51.1 Å². The molecule has 1 aromatic rings. The number of benzene rings is 1. The molecular weight excluding hydrogens is 318 g/mol. The van der Waals surface area contributed by atoms with Crippen molar-refractivity contribution < 1.29 is 19.1 Å². The summed E-state index contributed by atoms with van der Waals surface area (Å²) in [7, 11) is 0. The molecule has 0 aliphatic carbocycles. The Kier molecular flexibility index (Phi) is 6.23. The molecule has 0 radical (unpaired) electrons. The van der Waals surface area contributed by atoms with E-state index in [0.29, 0.717) is 19.7 Å². The van der Waals surface area contributed by atoms with Gasteiger partial charge in [-0.05, 0) is 50.8 Å². The zero-order chi connectivity index (χ0) is 18.4. The van der Waals surface area contributed by atoms with Crippen LogP contribution in [0.5, 0.6) is 0 Å². The quantitative estimate of drug-likeness (QED) is 0.779. The number of hydrogen-bond donors (Lipinski definition) is 0. The Labute approximate surface area is 149 Å². The third-order valence-corrected chi connectivity index (χ3v) is 3.86. The fraction of sp³-hybridized carbons (Fsp3) is 0.500. The van der Waals surface area contributed by atoms with Gasteiger partial charge in [0.05, 0.1) is 13.0 Å². The van der Waals surface area contributed by atoms with Crippen molar-refractivity contribution >= 4 is 17.6 Å². The number of ether oxygens (including phenoxy) is 2. The number of esters is 1. The van der Waals surface area contributed by atoms with Crippen molar-refractivity contribution in [3.05, 3.63) is 41.5 Å². The van der Waals surface area contributed by atoms with Crippen LogP contribution >= 0.6 is 0 Å². The van der Waals surface area contributed by atoms with E-state index >= 15 is 0 Å². The second kappa shape index (κ2) is 8.19. The predicted molar refractivity (Wildman–Crippen MR) is 97.2 cm³/mol. The number of nitrogens with zero attached hydrogens (tertiary/aromatic N) is 1. The highest BCUT2D eigenvalue weighted by Crippen LogP contribution is 2.26. The van der Waals surface area contributed by atoms with Gasteiger partial charge in [0.1, 0.15) is 5.60 Å². The van der Waals surface area contributed by atoms with Crippen LogP contribution in [0.2, 0.25) is 0 Å². The highest BCUT2D eigenvalue weighted by molar-refractivity contribution is 5.78. The average Bonchev–Trinajstić information content (AvgIpc) is 2.54. The lowest BCUT2D eigenvalue weighted by atomic mass is 9.93. The maximum Gasteiger partial charge on any atom is 0.410 e. The average molecular weight is 345 g/mol. The van der Waals surface area contributed by atoms with Crippen molar-refractivity contribution in [2.45, 2.75) is 46.1 Å². The Balaban J connectivity index is 2.09. The molecule has 25 heavy (non-hydrogen) atoms. The van der Waals surface area contributed by atoms with Crippen LogP contribution < -0.4 is 0 Å². The van der Waals surface area contributed by atoms with E-state index in [4.69, 9.17) is 9.47 Å². The van der Waals surface area contributed by atoms with Gasteiger partial charge >= 0.3 is 12.1 Å². The third kappa shape index (κ3) is 5.62. The Hall–Kier alpha value is -2.30. The van der Waals surface area contributed by atoms with Gasteiger partial charge in [-0.15, -0.1) is 0 Å². The Morgan fingerprint density at radius 2 is 1.92 bits per heavy atom. The van der Waals surface area contributed by atoms with Gasteiger partial charge in [-0.3, -0.25) is 4.79 Å². The van der Waals surface area contributed by atoms with Crippen LogP contribution in [-0.2, 0) is 20.7 Å². The summed E-state index contributed by atoms with van der Waals surface area (Å²) in [5.74, 6) is -0.221. The number of hydrogen-bond acceptors (Lipinski definition) is 4. The zero-order valence-corrected chi connectivity index (χ0v) is 15.5. The van der Waals surface area contributed by atoms with Gasteiger partial charge in [0.15, 0.2) is 0 Å². The first-order valence-electron chi connectivity index (χ1n) is 8.71. The molecule has 1 aliphatic rings. The lowest BCUT2D eigenvalue weighted by molar-refractivity contribution is -0.142. The molecule has 1 aromatic carbocycles. The largest absolute Gasteiger partial charge is 0.466 e. The van der Waals surface area contributed by atoms with Gasteiger partial charge in [-0.25, -0.2) is 4.79 Å². The Morgan fingerprint density at radius 3 is 2.52 bits per heavy atom.